The molecular formula is C17H28N4OS. The molecule has 1 aromatic heterocycles. The number of aliphatic hydroxyl groups is 1. The maximum atomic E-state index is 9.59. The molecule has 0 atom stereocenters. The van der Waals surface area contributed by atoms with Gasteiger partial charge in [0.05, 0.1) is 6.67 Å². The Morgan fingerprint density at radius 2 is 1.83 bits per heavy atom. The molecule has 0 aromatic carbocycles. The first-order valence-corrected chi connectivity index (χ1v) is 9.70. The maximum Gasteiger partial charge on any atom is 0.199 e. The number of aliphatic hydroxyl groups excluding tert-OH is 1. The second-order valence-corrected chi connectivity index (χ2v) is 7.97. The third-order valence-corrected chi connectivity index (χ3v) is 6.00. The molecule has 6 heteroatoms. The molecule has 0 aliphatic heterocycles. The van der Waals surface area contributed by atoms with Crippen molar-refractivity contribution >= 4 is 12.2 Å². The zero-order valence-electron chi connectivity index (χ0n) is 13.9. The van der Waals surface area contributed by atoms with Crippen LogP contribution in [0, 0.1) is 10.7 Å². The monoisotopic (exact) mass is 336 g/mol. The van der Waals surface area contributed by atoms with Gasteiger partial charge in [0, 0.05) is 18.6 Å². The van der Waals surface area contributed by atoms with Crippen LogP contribution in [-0.4, -0.2) is 36.9 Å². The standard InChI is InChI=1S/C17H28N4OS/c22-11-16-18-20(17(23)21(16)15-8-9-15)12-19(14-6-7-14)10-13-4-2-1-3-5-13/h13-15,22H,1-12H2. The smallest absolute Gasteiger partial charge is 0.199 e. The fourth-order valence-electron chi connectivity index (χ4n) is 4.00. The van der Waals surface area contributed by atoms with E-state index in [1.165, 1.54) is 64.3 Å². The van der Waals surface area contributed by atoms with Gasteiger partial charge in [-0.3, -0.25) is 9.47 Å². The van der Waals surface area contributed by atoms with Gasteiger partial charge in [-0.1, -0.05) is 19.3 Å². The van der Waals surface area contributed by atoms with Gasteiger partial charge in [0.1, 0.15) is 6.61 Å². The summed E-state index contributed by atoms with van der Waals surface area (Å²) in [6.07, 6.45) is 11.9. The second-order valence-electron chi connectivity index (χ2n) is 7.61. The van der Waals surface area contributed by atoms with Crippen LogP contribution in [0.3, 0.4) is 0 Å². The van der Waals surface area contributed by atoms with E-state index in [1.54, 1.807) is 0 Å². The molecule has 0 bridgehead atoms. The summed E-state index contributed by atoms with van der Waals surface area (Å²) in [7, 11) is 0. The van der Waals surface area contributed by atoms with E-state index >= 15 is 0 Å². The van der Waals surface area contributed by atoms with Crippen molar-refractivity contribution in [3.05, 3.63) is 10.6 Å². The summed E-state index contributed by atoms with van der Waals surface area (Å²) in [4.78, 5) is 2.59. The Bertz CT molecular complexity index is 596. The average molecular weight is 337 g/mol. The van der Waals surface area contributed by atoms with Crippen LogP contribution in [0.4, 0.5) is 0 Å². The Balaban J connectivity index is 1.49. The minimum absolute atomic E-state index is 0.0147. The van der Waals surface area contributed by atoms with Crippen LogP contribution in [0.25, 0.3) is 0 Å². The molecule has 128 valence electrons. The summed E-state index contributed by atoms with van der Waals surface area (Å²) in [5.74, 6) is 1.59. The van der Waals surface area contributed by atoms with Crippen molar-refractivity contribution in [3.63, 3.8) is 0 Å². The molecule has 3 saturated carbocycles. The van der Waals surface area contributed by atoms with Crippen LogP contribution in [-0.2, 0) is 13.3 Å². The topological polar surface area (TPSA) is 46.2 Å². The summed E-state index contributed by atoms with van der Waals surface area (Å²) in [6.45, 7) is 1.98. The predicted octanol–water partition coefficient (Wildman–Crippen LogP) is 3.24. The fraction of sp³-hybridized carbons (Fsp3) is 0.882. The number of aromatic nitrogens is 3. The van der Waals surface area contributed by atoms with E-state index in [-0.39, 0.29) is 6.61 Å². The van der Waals surface area contributed by atoms with Gasteiger partial charge < -0.3 is 5.11 Å². The van der Waals surface area contributed by atoms with Crippen LogP contribution < -0.4 is 0 Å². The molecule has 0 saturated heterocycles. The normalized spacial score (nSPS) is 22.9. The summed E-state index contributed by atoms with van der Waals surface area (Å²) in [6, 6.07) is 1.20. The van der Waals surface area contributed by atoms with Gasteiger partial charge in [-0.15, -0.1) is 0 Å². The van der Waals surface area contributed by atoms with E-state index in [4.69, 9.17) is 12.2 Å². The highest BCUT2D eigenvalue weighted by Crippen LogP contribution is 2.36. The lowest BCUT2D eigenvalue weighted by Crippen LogP contribution is -2.34. The highest BCUT2D eigenvalue weighted by molar-refractivity contribution is 7.71. The lowest BCUT2D eigenvalue weighted by atomic mass is 9.89. The quantitative estimate of drug-likeness (QED) is 0.777. The Labute approximate surface area is 143 Å². The largest absolute Gasteiger partial charge is 0.388 e. The predicted molar refractivity (Wildman–Crippen MR) is 91.5 cm³/mol. The average Bonchev–Trinajstić information content (AvgIpc) is 3.47. The molecule has 3 fully saturated rings. The van der Waals surface area contributed by atoms with E-state index in [0.717, 1.165) is 29.2 Å². The Morgan fingerprint density at radius 3 is 2.43 bits per heavy atom. The van der Waals surface area contributed by atoms with Gasteiger partial charge in [-0.25, -0.2) is 4.68 Å². The second kappa shape index (κ2) is 6.65. The lowest BCUT2D eigenvalue weighted by Gasteiger charge is -2.29. The number of rotatable bonds is 7. The molecule has 0 amide bonds. The van der Waals surface area contributed by atoms with Gasteiger partial charge in [-0.2, -0.15) is 5.10 Å². The molecule has 3 aliphatic carbocycles. The van der Waals surface area contributed by atoms with Crippen molar-refractivity contribution in [3.8, 4) is 0 Å². The summed E-state index contributed by atoms with van der Waals surface area (Å²) >= 11 is 5.65. The molecule has 4 rings (SSSR count). The molecular weight excluding hydrogens is 308 g/mol. The van der Waals surface area contributed by atoms with Gasteiger partial charge in [-0.05, 0) is 56.7 Å². The van der Waals surface area contributed by atoms with Crippen molar-refractivity contribution in [2.75, 3.05) is 6.54 Å². The van der Waals surface area contributed by atoms with Crippen molar-refractivity contribution in [2.24, 2.45) is 5.92 Å². The van der Waals surface area contributed by atoms with Crippen molar-refractivity contribution < 1.29 is 5.11 Å². The third kappa shape index (κ3) is 3.54. The minimum atomic E-state index is -0.0147. The van der Waals surface area contributed by atoms with E-state index < -0.39 is 0 Å². The highest BCUT2D eigenvalue weighted by Gasteiger charge is 2.33. The number of nitrogens with zero attached hydrogens (tertiary/aromatic N) is 4. The van der Waals surface area contributed by atoms with E-state index in [2.05, 4.69) is 14.6 Å². The number of hydrogen-bond donors (Lipinski definition) is 1. The van der Waals surface area contributed by atoms with Crippen molar-refractivity contribution in [1.82, 2.24) is 19.2 Å². The molecule has 1 heterocycles. The zero-order chi connectivity index (χ0) is 15.8. The molecule has 1 aromatic rings. The van der Waals surface area contributed by atoms with Gasteiger partial charge >= 0.3 is 0 Å². The SMILES string of the molecule is OCc1nn(CN(CC2CCCCC2)C2CC2)c(=S)n1C1CC1. The first-order valence-electron chi connectivity index (χ1n) is 9.29. The zero-order valence-corrected chi connectivity index (χ0v) is 14.7. The van der Waals surface area contributed by atoms with Gasteiger partial charge in [0.2, 0.25) is 0 Å². The molecule has 1 N–H and O–H groups in total. The number of hydrogen-bond acceptors (Lipinski definition) is 4. The van der Waals surface area contributed by atoms with Gasteiger partial charge in [0.15, 0.2) is 10.6 Å². The minimum Gasteiger partial charge on any atom is -0.388 e. The Hall–Kier alpha value is -0.720. The Kier molecular flexibility index (Phi) is 4.56. The van der Waals surface area contributed by atoms with E-state index in [0.29, 0.717) is 6.04 Å². The van der Waals surface area contributed by atoms with Crippen LogP contribution in [0.15, 0.2) is 0 Å². The van der Waals surface area contributed by atoms with E-state index in [9.17, 15) is 5.11 Å². The Morgan fingerprint density at radius 1 is 1.09 bits per heavy atom. The van der Waals surface area contributed by atoms with Crippen LogP contribution in [0.2, 0.25) is 0 Å². The summed E-state index contributed by atoms with van der Waals surface area (Å²) < 4.78 is 4.84. The molecule has 5 nitrogen and oxygen atoms in total. The molecule has 0 radical (unpaired) electrons. The highest BCUT2D eigenvalue weighted by atomic mass is 32.1. The first kappa shape index (κ1) is 15.8. The first-order chi connectivity index (χ1) is 11.3. The molecule has 0 unspecified atom stereocenters. The van der Waals surface area contributed by atoms with E-state index in [1.807, 2.05) is 4.68 Å². The molecule has 23 heavy (non-hydrogen) atoms. The fourth-order valence-corrected chi connectivity index (χ4v) is 4.35. The van der Waals surface area contributed by atoms with Crippen LogP contribution >= 0.6 is 12.2 Å². The maximum absolute atomic E-state index is 9.59. The van der Waals surface area contributed by atoms with Gasteiger partial charge in [0.25, 0.3) is 0 Å². The molecule has 0 spiro atoms. The van der Waals surface area contributed by atoms with Crippen molar-refractivity contribution in [1.29, 1.82) is 0 Å². The molecule has 3 aliphatic rings. The summed E-state index contributed by atoms with van der Waals surface area (Å²) in [5, 5.41) is 14.2. The van der Waals surface area contributed by atoms with Crippen molar-refractivity contribution in [2.45, 2.75) is 83.1 Å². The van der Waals surface area contributed by atoms with Crippen LogP contribution in [0.5, 0.6) is 0 Å². The lowest BCUT2D eigenvalue weighted by molar-refractivity contribution is 0.146. The third-order valence-electron chi connectivity index (χ3n) is 5.59. The van der Waals surface area contributed by atoms with Crippen LogP contribution in [0.1, 0.15) is 69.7 Å². The summed E-state index contributed by atoms with van der Waals surface area (Å²) in [5.41, 5.74) is 0.